The SMILES string of the molecule is C[C@H](OC[C@H](O)CNc1nc2ccccc2c(=O)[nH]1)c1ccccc1. The fraction of sp³-hybridized carbons (Fsp3) is 0.263. The highest BCUT2D eigenvalue weighted by Gasteiger charge is 2.10. The topological polar surface area (TPSA) is 87.2 Å². The molecule has 2 atom stereocenters. The van der Waals surface area contributed by atoms with Crippen molar-refractivity contribution in [2.45, 2.75) is 19.1 Å². The van der Waals surface area contributed by atoms with Gasteiger partial charge in [-0.2, -0.15) is 0 Å². The van der Waals surface area contributed by atoms with Crippen molar-refractivity contribution in [3.8, 4) is 0 Å². The highest BCUT2D eigenvalue weighted by Crippen LogP contribution is 2.16. The summed E-state index contributed by atoms with van der Waals surface area (Å²) in [5, 5.41) is 13.6. The number of hydrogen-bond donors (Lipinski definition) is 3. The van der Waals surface area contributed by atoms with Gasteiger partial charge in [0.25, 0.3) is 5.56 Å². The summed E-state index contributed by atoms with van der Waals surface area (Å²) in [6.07, 6.45) is -0.822. The van der Waals surface area contributed by atoms with Crippen molar-refractivity contribution in [1.82, 2.24) is 9.97 Å². The van der Waals surface area contributed by atoms with E-state index in [0.717, 1.165) is 5.56 Å². The van der Waals surface area contributed by atoms with Crippen LogP contribution in [0.4, 0.5) is 5.95 Å². The molecule has 3 N–H and O–H groups in total. The van der Waals surface area contributed by atoms with E-state index in [4.69, 9.17) is 4.74 Å². The number of aromatic amines is 1. The molecular weight excluding hydrogens is 318 g/mol. The molecule has 0 saturated heterocycles. The first-order valence-corrected chi connectivity index (χ1v) is 8.21. The molecule has 0 saturated carbocycles. The van der Waals surface area contributed by atoms with E-state index in [1.165, 1.54) is 0 Å². The summed E-state index contributed by atoms with van der Waals surface area (Å²) in [7, 11) is 0. The summed E-state index contributed by atoms with van der Waals surface area (Å²) in [5.41, 5.74) is 1.46. The Kier molecular flexibility index (Phi) is 5.42. The quantitative estimate of drug-likeness (QED) is 0.615. The van der Waals surface area contributed by atoms with Gasteiger partial charge in [-0.25, -0.2) is 4.98 Å². The monoisotopic (exact) mass is 339 g/mol. The highest BCUT2D eigenvalue weighted by molar-refractivity contribution is 5.78. The Morgan fingerprint density at radius 1 is 1.16 bits per heavy atom. The van der Waals surface area contributed by atoms with E-state index in [1.807, 2.05) is 43.3 Å². The van der Waals surface area contributed by atoms with E-state index in [9.17, 15) is 9.90 Å². The number of para-hydroxylation sites is 1. The number of rotatable bonds is 7. The van der Waals surface area contributed by atoms with Gasteiger partial charge in [0, 0.05) is 6.54 Å². The van der Waals surface area contributed by atoms with Crippen LogP contribution in [0, 0.1) is 0 Å². The first-order chi connectivity index (χ1) is 12.1. The van der Waals surface area contributed by atoms with Crippen molar-refractivity contribution in [2.75, 3.05) is 18.5 Å². The zero-order valence-corrected chi connectivity index (χ0v) is 14.0. The fourth-order valence-electron chi connectivity index (χ4n) is 2.52. The van der Waals surface area contributed by atoms with Gasteiger partial charge in [0.15, 0.2) is 0 Å². The highest BCUT2D eigenvalue weighted by atomic mass is 16.5. The van der Waals surface area contributed by atoms with E-state index in [1.54, 1.807) is 18.2 Å². The predicted octanol–water partition coefficient (Wildman–Crippen LogP) is 2.47. The smallest absolute Gasteiger partial charge is 0.260 e. The molecule has 25 heavy (non-hydrogen) atoms. The van der Waals surface area contributed by atoms with Crippen LogP contribution in [0.15, 0.2) is 59.4 Å². The molecule has 0 bridgehead atoms. The summed E-state index contributed by atoms with van der Waals surface area (Å²) in [4.78, 5) is 19.0. The van der Waals surface area contributed by atoms with Crippen molar-refractivity contribution >= 4 is 16.9 Å². The van der Waals surface area contributed by atoms with Gasteiger partial charge in [0.2, 0.25) is 5.95 Å². The van der Waals surface area contributed by atoms with Gasteiger partial charge in [-0.05, 0) is 24.6 Å². The molecule has 0 fully saturated rings. The minimum Gasteiger partial charge on any atom is -0.389 e. The van der Waals surface area contributed by atoms with Crippen LogP contribution in [0.5, 0.6) is 0 Å². The number of aliphatic hydroxyl groups excluding tert-OH is 1. The van der Waals surface area contributed by atoms with Crippen LogP contribution in [0.25, 0.3) is 10.9 Å². The number of aromatic nitrogens is 2. The van der Waals surface area contributed by atoms with Crippen LogP contribution < -0.4 is 10.9 Å². The molecule has 0 amide bonds. The molecule has 130 valence electrons. The van der Waals surface area contributed by atoms with Gasteiger partial charge >= 0.3 is 0 Å². The number of hydrogen-bond acceptors (Lipinski definition) is 5. The molecular formula is C19H21N3O3. The molecule has 0 aliphatic rings. The average molecular weight is 339 g/mol. The van der Waals surface area contributed by atoms with Crippen molar-refractivity contribution in [3.63, 3.8) is 0 Å². The minimum atomic E-state index is -0.720. The fourth-order valence-corrected chi connectivity index (χ4v) is 2.52. The maximum absolute atomic E-state index is 12.0. The van der Waals surface area contributed by atoms with Crippen LogP contribution in [-0.4, -0.2) is 34.3 Å². The Morgan fingerprint density at radius 3 is 2.68 bits per heavy atom. The number of anilines is 1. The largest absolute Gasteiger partial charge is 0.389 e. The molecule has 0 unspecified atom stereocenters. The molecule has 1 heterocycles. The molecule has 0 aliphatic heterocycles. The van der Waals surface area contributed by atoms with E-state index >= 15 is 0 Å². The Morgan fingerprint density at radius 2 is 1.88 bits per heavy atom. The molecule has 3 rings (SSSR count). The number of ether oxygens (including phenoxy) is 1. The molecule has 0 aliphatic carbocycles. The Bertz CT molecular complexity index is 880. The van der Waals surface area contributed by atoms with Gasteiger partial charge in [-0.1, -0.05) is 42.5 Å². The Labute approximate surface area is 145 Å². The first-order valence-electron chi connectivity index (χ1n) is 8.21. The van der Waals surface area contributed by atoms with E-state index in [0.29, 0.717) is 16.9 Å². The molecule has 1 aromatic heterocycles. The number of benzene rings is 2. The van der Waals surface area contributed by atoms with Crippen LogP contribution in [-0.2, 0) is 4.74 Å². The number of aliphatic hydroxyl groups is 1. The zero-order chi connectivity index (χ0) is 17.6. The summed E-state index contributed by atoms with van der Waals surface area (Å²) in [6.45, 7) is 2.35. The zero-order valence-electron chi connectivity index (χ0n) is 14.0. The van der Waals surface area contributed by atoms with Gasteiger partial charge in [0.1, 0.15) is 0 Å². The maximum atomic E-state index is 12.0. The second-order valence-corrected chi connectivity index (χ2v) is 5.85. The summed E-state index contributed by atoms with van der Waals surface area (Å²) in [5.74, 6) is 0.332. The normalized spacial score (nSPS) is 13.5. The summed E-state index contributed by atoms with van der Waals surface area (Å²) < 4.78 is 5.69. The predicted molar refractivity (Wildman–Crippen MR) is 97.7 cm³/mol. The minimum absolute atomic E-state index is 0.102. The number of H-pyrrole nitrogens is 1. The van der Waals surface area contributed by atoms with Crippen molar-refractivity contribution in [3.05, 3.63) is 70.5 Å². The standard InChI is InChI=1S/C19H21N3O3/c1-13(14-7-3-2-4-8-14)25-12-15(23)11-20-19-21-17-10-6-5-9-16(17)18(24)22-19/h2-10,13,15,23H,11-12H2,1H3,(H2,20,21,22,24)/t13-,15+/m0/s1. The van der Waals surface area contributed by atoms with Crippen molar-refractivity contribution in [2.24, 2.45) is 0 Å². The molecule has 0 radical (unpaired) electrons. The van der Waals surface area contributed by atoms with Crippen molar-refractivity contribution < 1.29 is 9.84 Å². The van der Waals surface area contributed by atoms with Gasteiger partial charge < -0.3 is 15.2 Å². The van der Waals surface area contributed by atoms with Crippen LogP contribution in [0.2, 0.25) is 0 Å². The molecule has 6 nitrogen and oxygen atoms in total. The lowest BCUT2D eigenvalue weighted by atomic mass is 10.1. The lowest BCUT2D eigenvalue weighted by Gasteiger charge is -2.17. The summed E-state index contributed by atoms with van der Waals surface area (Å²) in [6, 6.07) is 16.9. The van der Waals surface area contributed by atoms with Crippen LogP contribution in [0.3, 0.4) is 0 Å². The van der Waals surface area contributed by atoms with E-state index in [2.05, 4.69) is 15.3 Å². The number of fused-ring (bicyclic) bond motifs is 1. The van der Waals surface area contributed by atoms with Crippen LogP contribution in [0.1, 0.15) is 18.6 Å². The van der Waals surface area contributed by atoms with Gasteiger partial charge in [-0.15, -0.1) is 0 Å². The number of nitrogens with one attached hydrogen (secondary N) is 2. The summed E-state index contributed by atoms with van der Waals surface area (Å²) >= 11 is 0. The molecule has 3 aromatic rings. The second-order valence-electron chi connectivity index (χ2n) is 5.85. The Hall–Kier alpha value is -2.70. The maximum Gasteiger partial charge on any atom is 0.260 e. The number of nitrogens with zero attached hydrogens (tertiary/aromatic N) is 1. The first kappa shape index (κ1) is 17.1. The third-order valence-electron chi connectivity index (χ3n) is 3.93. The second kappa shape index (κ2) is 7.92. The lowest BCUT2D eigenvalue weighted by molar-refractivity contribution is 0.00238. The molecule has 6 heteroatoms. The van der Waals surface area contributed by atoms with Gasteiger partial charge in [0.05, 0.1) is 29.7 Å². The third kappa shape index (κ3) is 4.43. The van der Waals surface area contributed by atoms with Crippen LogP contribution >= 0.6 is 0 Å². The van der Waals surface area contributed by atoms with Gasteiger partial charge in [-0.3, -0.25) is 9.78 Å². The van der Waals surface area contributed by atoms with E-state index in [-0.39, 0.29) is 24.8 Å². The average Bonchev–Trinajstić information content (AvgIpc) is 2.65. The third-order valence-corrected chi connectivity index (χ3v) is 3.93. The molecule has 2 aromatic carbocycles. The van der Waals surface area contributed by atoms with E-state index < -0.39 is 6.10 Å². The molecule has 0 spiro atoms. The van der Waals surface area contributed by atoms with Crippen molar-refractivity contribution in [1.29, 1.82) is 0 Å². The Balaban J connectivity index is 1.54. The lowest BCUT2D eigenvalue weighted by Crippen LogP contribution is -2.27.